The highest BCUT2D eigenvalue weighted by Gasteiger charge is 2.29. The molecule has 34 heavy (non-hydrogen) atoms. The zero-order valence-electron chi connectivity index (χ0n) is 18.2. The number of amides is 2. The molecule has 0 atom stereocenters. The highest BCUT2D eigenvalue weighted by atomic mass is 79.9. The highest BCUT2D eigenvalue weighted by molar-refractivity contribution is 9.10. The van der Waals surface area contributed by atoms with E-state index in [1.54, 1.807) is 12.1 Å². The first-order valence-electron chi connectivity index (χ1n) is 10.9. The van der Waals surface area contributed by atoms with Gasteiger partial charge in [0.05, 0.1) is 5.69 Å². The lowest BCUT2D eigenvalue weighted by Gasteiger charge is -2.15. The number of carboxylic acid groups (broad SMARTS) is 1. The van der Waals surface area contributed by atoms with Crippen molar-refractivity contribution in [2.24, 2.45) is 0 Å². The zero-order chi connectivity index (χ0) is 24.1. The first-order valence-corrected chi connectivity index (χ1v) is 11.6. The van der Waals surface area contributed by atoms with Gasteiger partial charge < -0.3 is 15.2 Å². The molecule has 0 saturated heterocycles. The van der Waals surface area contributed by atoms with Crippen molar-refractivity contribution >= 4 is 39.6 Å². The van der Waals surface area contributed by atoms with Crippen molar-refractivity contribution in [3.63, 3.8) is 0 Å². The maximum Gasteiger partial charge on any atom is 0.411 e. The van der Waals surface area contributed by atoms with Gasteiger partial charge in [0.25, 0.3) is 5.91 Å². The monoisotopic (exact) mass is 522 g/mol. The third-order valence-corrected chi connectivity index (χ3v) is 6.35. The number of carbonyl (C=O) groups is 3. The quantitative estimate of drug-likeness (QED) is 0.343. The van der Waals surface area contributed by atoms with Crippen molar-refractivity contribution in [3.8, 4) is 11.1 Å². The summed E-state index contributed by atoms with van der Waals surface area (Å²) < 4.78 is 6.17. The molecule has 174 valence electrons. The number of carboxylic acids is 1. The fraction of sp³-hybridized carbons (Fsp3) is 0.192. The summed E-state index contributed by atoms with van der Waals surface area (Å²) in [6.07, 6.45) is -0.306. The lowest BCUT2D eigenvalue weighted by atomic mass is 9.98. The van der Waals surface area contributed by atoms with Gasteiger partial charge in [0, 0.05) is 28.9 Å². The Morgan fingerprint density at radius 2 is 1.59 bits per heavy atom. The molecule has 1 aliphatic carbocycles. The van der Waals surface area contributed by atoms with E-state index >= 15 is 0 Å². The molecule has 0 aromatic heterocycles. The molecule has 4 rings (SSSR count). The van der Waals surface area contributed by atoms with E-state index in [-0.39, 0.29) is 31.4 Å². The van der Waals surface area contributed by atoms with Crippen molar-refractivity contribution in [2.75, 3.05) is 18.5 Å². The SMILES string of the molecule is O=C(O)CCCNC(=O)c1ccc(Br)c(NC(=O)OCC2c3ccccc3-c3ccccc32)c1. The normalized spacial score (nSPS) is 11.9. The maximum atomic E-state index is 12.6. The molecule has 2 amide bonds. The van der Waals surface area contributed by atoms with E-state index in [2.05, 4.69) is 50.8 Å². The molecule has 1 aliphatic rings. The Bertz CT molecular complexity index is 1200. The molecule has 3 N–H and O–H groups in total. The molecule has 0 unspecified atom stereocenters. The summed E-state index contributed by atoms with van der Waals surface area (Å²) in [5.41, 5.74) is 5.29. The van der Waals surface area contributed by atoms with Crippen molar-refractivity contribution < 1.29 is 24.2 Å². The molecule has 0 aliphatic heterocycles. The Morgan fingerprint density at radius 1 is 0.941 bits per heavy atom. The summed E-state index contributed by atoms with van der Waals surface area (Å²) in [4.78, 5) is 35.5. The van der Waals surface area contributed by atoms with Crippen molar-refractivity contribution in [1.29, 1.82) is 0 Å². The average Bonchev–Trinajstić information content (AvgIpc) is 3.15. The molecule has 0 bridgehead atoms. The van der Waals surface area contributed by atoms with Crippen LogP contribution >= 0.6 is 15.9 Å². The third-order valence-electron chi connectivity index (χ3n) is 5.66. The van der Waals surface area contributed by atoms with Crippen LogP contribution in [-0.2, 0) is 9.53 Å². The van der Waals surface area contributed by atoms with Crippen molar-refractivity contribution in [3.05, 3.63) is 87.9 Å². The topological polar surface area (TPSA) is 105 Å². The molecule has 0 spiro atoms. The summed E-state index contributed by atoms with van der Waals surface area (Å²) in [7, 11) is 0. The minimum Gasteiger partial charge on any atom is -0.481 e. The van der Waals surface area contributed by atoms with E-state index in [1.807, 2.05) is 24.3 Å². The molecular weight excluding hydrogens is 500 g/mol. The first kappa shape index (κ1) is 23.5. The summed E-state index contributed by atoms with van der Waals surface area (Å²) in [6.45, 7) is 0.428. The van der Waals surface area contributed by atoms with E-state index in [9.17, 15) is 14.4 Å². The fourth-order valence-electron chi connectivity index (χ4n) is 4.05. The maximum absolute atomic E-state index is 12.6. The highest BCUT2D eigenvalue weighted by Crippen LogP contribution is 2.44. The predicted octanol–water partition coefficient (Wildman–Crippen LogP) is 5.40. The van der Waals surface area contributed by atoms with Gasteiger partial charge in [-0.3, -0.25) is 14.9 Å². The van der Waals surface area contributed by atoms with Gasteiger partial charge in [-0.05, 0) is 62.8 Å². The van der Waals surface area contributed by atoms with E-state index in [0.717, 1.165) is 22.3 Å². The van der Waals surface area contributed by atoms with Gasteiger partial charge in [-0.2, -0.15) is 0 Å². The van der Waals surface area contributed by atoms with Gasteiger partial charge in [0.1, 0.15) is 6.61 Å². The number of fused-ring (bicyclic) bond motifs is 3. The number of ether oxygens (including phenoxy) is 1. The average molecular weight is 523 g/mol. The number of nitrogens with one attached hydrogen (secondary N) is 2. The van der Waals surface area contributed by atoms with Crippen LogP contribution in [0.15, 0.2) is 71.2 Å². The Kier molecular flexibility index (Phi) is 7.27. The predicted molar refractivity (Wildman–Crippen MR) is 132 cm³/mol. The molecular formula is C26H23BrN2O5. The van der Waals surface area contributed by atoms with Crippen molar-refractivity contribution in [1.82, 2.24) is 5.32 Å². The lowest BCUT2D eigenvalue weighted by molar-refractivity contribution is -0.137. The minimum absolute atomic E-state index is 0.0186. The standard InChI is InChI=1S/C26H23BrN2O5/c27-22-12-11-16(25(32)28-13-5-10-24(30)31)14-23(22)29-26(33)34-15-21-19-8-3-1-6-17(19)18-7-2-4-9-20(18)21/h1-4,6-9,11-12,14,21H,5,10,13,15H2,(H,28,32)(H,29,33)(H,30,31). The lowest BCUT2D eigenvalue weighted by Crippen LogP contribution is -2.25. The van der Waals surface area contributed by atoms with Gasteiger partial charge in [-0.25, -0.2) is 4.79 Å². The van der Waals surface area contributed by atoms with Crippen LogP contribution in [0.25, 0.3) is 11.1 Å². The molecule has 0 radical (unpaired) electrons. The van der Waals surface area contributed by atoms with Crippen LogP contribution in [0.5, 0.6) is 0 Å². The second kappa shape index (κ2) is 10.5. The number of rotatable bonds is 8. The number of halogens is 1. The number of anilines is 1. The Labute approximate surface area is 205 Å². The van der Waals surface area contributed by atoms with Gasteiger partial charge in [-0.1, -0.05) is 48.5 Å². The summed E-state index contributed by atoms with van der Waals surface area (Å²) in [5.74, 6) is -1.31. The van der Waals surface area contributed by atoms with Crippen LogP contribution < -0.4 is 10.6 Å². The summed E-state index contributed by atoms with van der Waals surface area (Å²) >= 11 is 3.38. The Hall–Kier alpha value is -3.65. The van der Waals surface area contributed by atoms with Gasteiger partial charge in [0.2, 0.25) is 0 Å². The molecule has 3 aromatic rings. The second-order valence-corrected chi connectivity index (χ2v) is 8.75. The molecule has 0 saturated carbocycles. The van der Waals surface area contributed by atoms with E-state index in [4.69, 9.17) is 9.84 Å². The fourth-order valence-corrected chi connectivity index (χ4v) is 4.40. The smallest absolute Gasteiger partial charge is 0.411 e. The summed E-state index contributed by atoms with van der Waals surface area (Å²) in [6, 6.07) is 21.0. The number of benzene rings is 3. The number of aliphatic carboxylic acids is 1. The molecule has 8 heteroatoms. The van der Waals surface area contributed by atoms with Gasteiger partial charge in [0.15, 0.2) is 0 Å². The van der Waals surface area contributed by atoms with Gasteiger partial charge >= 0.3 is 12.1 Å². The van der Waals surface area contributed by atoms with E-state index < -0.39 is 12.1 Å². The van der Waals surface area contributed by atoms with Crippen LogP contribution in [0.1, 0.15) is 40.2 Å². The van der Waals surface area contributed by atoms with E-state index in [1.165, 1.54) is 6.07 Å². The number of hydrogen-bond acceptors (Lipinski definition) is 4. The minimum atomic E-state index is -0.910. The zero-order valence-corrected chi connectivity index (χ0v) is 19.8. The van der Waals surface area contributed by atoms with Crippen LogP contribution in [0.2, 0.25) is 0 Å². The molecule has 0 heterocycles. The van der Waals surface area contributed by atoms with E-state index in [0.29, 0.717) is 22.1 Å². The number of carbonyl (C=O) groups excluding carboxylic acids is 2. The van der Waals surface area contributed by atoms with Crippen LogP contribution in [0.3, 0.4) is 0 Å². The van der Waals surface area contributed by atoms with Gasteiger partial charge in [-0.15, -0.1) is 0 Å². The Balaban J connectivity index is 1.39. The molecule has 3 aromatic carbocycles. The number of hydrogen-bond donors (Lipinski definition) is 3. The molecule has 0 fully saturated rings. The Morgan fingerprint density at radius 3 is 2.24 bits per heavy atom. The largest absolute Gasteiger partial charge is 0.481 e. The third kappa shape index (κ3) is 5.28. The first-order chi connectivity index (χ1) is 16.4. The molecule has 7 nitrogen and oxygen atoms in total. The van der Waals surface area contributed by atoms with Crippen LogP contribution in [0, 0.1) is 0 Å². The van der Waals surface area contributed by atoms with Crippen LogP contribution in [0.4, 0.5) is 10.5 Å². The van der Waals surface area contributed by atoms with Crippen molar-refractivity contribution in [2.45, 2.75) is 18.8 Å². The van der Waals surface area contributed by atoms with Crippen LogP contribution in [-0.4, -0.2) is 36.2 Å². The second-order valence-electron chi connectivity index (χ2n) is 7.90. The summed E-state index contributed by atoms with van der Waals surface area (Å²) in [5, 5.41) is 14.1.